The van der Waals surface area contributed by atoms with Crippen molar-refractivity contribution in [1.29, 1.82) is 0 Å². The van der Waals surface area contributed by atoms with Crippen molar-refractivity contribution in [3.63, 3.8) is 0 Å². The quantitative estimate of drug-likeness (QED) is 0.861. The zero-order valence-corrected chi connectivity index (χ0v) is 12.9. The molecule has 2 nitrogen and oxygen atoms in total. The van der Waals surface area contributed by atoms with E-state index in [9.17, 15) is 4.39 Å². The molecule has 2 N–H and O–H groups in total. The summed E-state index contributed by atoms with van der Waals surface area (Å²) < 4.78 is 20.7. The summed E-state index contributed by atoms with van der Waals surface area (Å²) in [6, 6.07) is 12.2. The van der Waals surface area contributed by atoms with Gasteiger partial charge >= 0.3 is 0 Å². The third-order valence-electron chi connectivity index (χ3n) is 3.09. The molecule has 2 rings (SSSR count). The molecule has 0 amide bonds. The fourth-order valence-electron chi connectivity index (χ4n) is 1.90. The Morgan fingerprint density at radius 1 is 1.25 bits per heavy atom. The summed E-state index contributed by atoms with van der Waals surface area (Å²) in [6.45, 7) is 1.99. The first-order chi connectivity index (χ1) is 9.60. The Morgan fingerprint density at radius 3 is 2.70 bits per heavy atom. The third-order valence-corrected chi connectivity index (χ3v) is 3.58. The van der Waals surface area contributed by atoms with Crippen molar-refractivity contribution >= 4 is 15.9 Å². The third kappa shape index (κ3) is 3.81. The fraction of sp³-hybridized carbons (Fsp3) is 0.250. The molecule has 2 aromatic rings. The predicted octanol–water partition coefficient (Wildman–Crippen LogP) is 4.66. The van der Waals surface area contributed by atoms with E-state index in [1.807, 2.05) is 31.2 Å². The van der Waals surface area contributed by atoms with Crippen molar-refractivity contribution in [3.05, 3.63) is 58.3 Å². The molecule has 0 fully saturated rings. The van der Waals surface area contributed by atoms with Gasteiger partial charge < -0.3 is 10.5 Å². The minimum atomic E-state index is -0.276. The molecule has 0 aliphatic heterocycles. The lowest BCUT2D eigenvalue weighted by Crippen LogP contribution is -2.22. The molecular weight excluding hydrogens is 321 g/mol. The second-order valence-electron chi connectivity index (χ2n) is 4.65. The predicted molar refractivity (Wildman–Crippen MR) is 82.6 cm³/mol. The molecular formula is C16H17BrFNO. The van der Waals surface area contributed by atoms with E-state index in [1.54, 1.807) is 12.1 Å². The van der Waals surface area contributed by atoms with E-state index in [2.05, 4.69) is 15.9 Å². The van der Waals surface area contributed by atoms with Crippen LogP contribution in [0.5, 0.6) is 11.5 Å². The highest BCUT2D eigenvalue weighted by Gasteiger charge is 2.13. The molecule has 0 saturated carbocycles. The molecule has 0 bridgehead atoms. The van der Waals surface area contributed by atoms with Gasteiger partial charge in [0.2, 0.25) is 0 Å². The van der Waals surface area contributed by atoms with Gasteiger partial charge in [0.25, 0.3) is 0 Å². The lowest BCUT2D eigenvalue weighted by Gasteiger charge is -2.15. The Labute approximate surface area is 126 Å². The molecule has 0 heterocycles. The molecule has 20 heavy (non-hydrogen) atoms. The number of hydrogen-bond acceptors (Lipinski definition) is 2. The van der Waals surface area contributed by atoms with Crippen molar-refractivity contribution in [1.82, 2.24) is 0 Å². The standard InChI is InChI=1S/C16H17BrFNO/c1-2-12(19)10-14-15(18)7-4-8-16(14)20-13-6-3-5-11(17)9-13/h3-9,12H,2,10,19H2,1H3. The molecule has 0 aliphatic carbocycles. The van der Waals surface area contributed by atoms with Crippen molar-refractivity contribution in [3.8, 4) is 11.5 Å². The average Bonchev–Trinajstić information content (AvgIpc) is 2.42. The monoisotopic (exact) mass is 337 g/mol. The topological polar surface area (TPSA) is 35.2 Å². The Balaban J connectivity index is 2.29. The highest BCUT2D eigenvalue weighted by Crippen LogP contribution is 2.29. The number of benzene rings is 2. The van der Waals surface area contributed by atoms with E-state index in [0.717, 1.165) is 10.9 Å². The van der Waals surface area contributed by atoms with Crippen LogP contribution in [0.15, 0.2) is 46.9 Å². The fourth-order valence-corrected chi connectivity index (χ4v) is 2.27. The van der Waals surface area contributed by atoms with Gasteiger partial charge in [-0.1, -0.05) is 35.0 Å². The molecule has 1 unspecified atom stereocenters. The number of nitrogens with two attached hydrogens (primary N) is 1. The number of halogens is 2. The van der Waals surface area contributed by atoms with Crippen LogP contribution in [0.3, 0.4) is 0 Å². The van der Waals surface area contributed by atoms with Crippen LogP contribution in [-0.4, -0.2) is 6.04 Å². The highest BCUT2D eigenvalue weighted by atomic mass is 79.9. The van der Waals surface area contributed by atoms with E-state index in [0.29, 0.717) is 23.5 Å². The summed E-state index contributed by atoms with van der Waals surface area (Å²) in [5.74, 6) is 0.907. The van der Waals surface area contributed by atoms with Gasteiger partial charge in [-0.15, -0.1) is 0 Å². The summed E-state index contributed by atoms with van der Waals surface area (Å²) >= 11 is 3.39. The molecule has 0 aliphatic rings. The van der Waals surface area contributed by atoms with Crippen LogP contribution >= 0.6 is 15.9 Å². The van der Waals surface area contributed by atoms with Gasteiger partial charge in [0.15, 0.2) is 0 Å². The maximum absolute atomic E-state index is 14.0. The Bertz CT molecular complexity index is 588. The van der Waals surface area contributed by atoms with Crippen molar-refractivity contribution in [2.45, 2.75) is 25.8 Å². The zero-order valence-electron chi connectivity index (χ0n) is 11.3. The van der Waals surface area contributed by atoms with Gasteiger partial charge in [0.05, 0.1) is 0 Å². The van der Waals surface area contributed by atoms with E-state index in [-0.39, 0.29) is 11.9 Å². The van der Waals surface area contributed by atoms with Crippen molar-refractivity contribution in [2.75, 3.05) is 0 Å². The van der Waals surface area contributed by atoms with E-state index >= 15 is 0 Å². The lowest BCUT2D eigenvalue weighted by atomic mass is 10.0. The van der Waals surface area contributed by atoms with Crippen LogP contribution in [0.4, 0.5) is 4.39 Å². The molecule has 4 heteroatoms. The van der Waals surface area contributed by atoms with Crippen LogP contribution in [0, 0.1) is 5.82 Å². The average molecular weight is 338 g/mol. The number of ether oxygens (including phenoxy) is 1. The van der Waals surface area contributed by atoms with Gasteiger partial charge in [-0.3, -0.25) is 0 Å². The van der Waals surface area contributed by atoms with Gasteiger partial charge in [0.1, 0.15) is 17.3 Å². The Hall–Kier alpha value is -1.39. The van der Waals surface area contributed by atoms with Gasteiger partial charge in [-0.2, -0.15) is 0 Å². The summed E-state index contributed by atoms with van der Waals surface area (Å²) in [5, 5.41) is 0. The minimum absolute atomic E-state index is 0.0724. The molecule has 0 saturated heterocycles. The zero-order chi connectivity index (χ0) is 14.5. The second-order valence-corrected chi connectivity index (χ2v) is 5.56. The maximum Gasteiger partial charge on any atom is 0.133 e. The van der Waals surface area contributed by atoms with Crippen LogP contribution in [0.2, 0.25) is 0 Å². The molecule has 0 radical (unpaired) electrons. The largest absolute Gasteiger partial charge is 0.457 e. The molecule has 106 valence electrons. The van der Waals surface area contributed by atoms with Gasteiger partial charge in [-0.05, 0) is 43.2 Å². The first-order valence-corrected chi connectivity index (χ1v) is 7.36. The molecule has 0 aromatic heterocycles. The molecule has 1 atom stereocenters. The van der Waals surface area contributed by atoms with Crippen LogP contribution in [-0.2, 0) is 6.42 Å². The minimum Gasteiger partial charge on any atom is -0.457 e. The first kappa shape index (κ1) is 15.0. The summed E-state index contributed by atoms with van der Waals surface area (Å²) in [7, 11) is 0. The summed E-state index contributed by atoms with van der Waals surface area (Å²) in [6.07, 6.45) is 1.26. The number of rotatable bonds is 5. The van der Waals surface area contributed by atoms with Crippen molar-refractivity contribution in [2.24, 2.45) is 5.73 Å². The number of hydrogen-bond donors (Lipinski definition) is 1. The van der Waals surface area contributed by atoms with Gasteiger partial charge in [0, 0.05) is 16.1 Å². The lowest BCUT2D eigenvalue weighted by molar-refractivity contribution is 0.461. The summed E-state index contributed by atoms with van der Waals surface area (Å²) in [5.41, 5.74) is 6.46. The van der Waals surface area contributed by atoms with E-state index in [4.69, 9.17) is 10.5 Å². The Morgan fingerprint density at radius 2 is 2.00 bits per heavy atom. The van der Waals surface area contributed by atoms with Crippen LogP contribution in [0.1, 0.15) is 18.9 Å². The smallest absolute Gasteiger partial charge is 0.133 e. The van der Waals surface area contributed by atoms with E-state index < -0.39 is 0 Å². The van der Waals surface area contributed by atoms with Crippen LogP contribution < -0.4 is 10.5 Å². The first-order valence-electron chi connectivity index (χ1n) is 6.56. The summed E-state index contributed by atoms with van der Waals surface area (Å²) in [4.78, 5) is 0. The molecule has 0 spiro atoms. The highest BCUT2D eigenvalue weighted by molar-refractivity contribution is 9.10. The Kier molecular flexibility index (Phi) is 5.15. The normalized spacial score (nSPS) is 12.2. The van der Waals surface area contributed by atoms with Crippen molar-refractivity contribution < 1.29 is 9.13 Å². The maximum atomic E-state index is 14.0. The SMILES string of the molecule is CCC(N)Cc1c(F)cccc1Oc1cccc(Br)c1. The van der Waals surface area contributed by atoms with Gasteiger partial charge in [-0.25, -0.2) is 4.39 Å². The molecule has 2 aromatic carbocycles. The van der Waals surface area contributed by atoms with Crippen LogP contribution in [0.25, 0.3) is 0 Å². The second kappa shape index (κ2) is 6.86. The van der Waals surface area contributed by atoms with E-state index in [1.165, 1.54) is 6.07 Å².